The highest BCUT2D eigenvalue weighted by Gasteiger charge is 2.05. The van der Waals surface area contributed by atoms with Crippen LogP contribution in [-0.2, 0) is 4.79 Å². The highest BCUT2D eigenvalue weighted by atomic mass is 16.5. The SMILES string of the molecule is Cc1cc(C)c(C=NNC(=O)COc2cccc3ccccc23)c(C)c1. The lowest BCUT2D eigenvalue weighted by Gasteiger charge is -2.09. The molecular formula is C22H22N2O2. The summed E-state index contributed by atoms with van der Waals surface area (Å²) in [6, 6.07) is 17.9. The van der Waals surface area contributed by atoms with Crippen LogP contribution < -0.4 is 10.2 Å². The van der Waals surface area contributed by atoms with E-state index in [1.165, 1.54) is 5.56 Å². The van der Waals surface area contributed by atoms with Gasteiger partial charge in [0.15, 0.2) is 6.61 Å². The van der Waals surface area contributed by atoms with Crippen LogP contribution >= 0.6 is 0 Å². The van der Waals surface area contributed by atoms with E-state index in [-0.39, 0.29) is 12.5 Å². The Morgan fingerprint density at radius 3 is 2.50 bits per heavy atom. The third-order valence-electron chi connectivity index (χ3n) is 4.23. The third-order valence-corrected chi connectivity index (χ3v) is 4.23. The first-order valence-electron chi connectivity index (χ1n) is 8.55. The van der Waals surface area contributed by atoms with Crippen LogP contribution in [0.1, 0.15) is 22.3 Å². The summed E-state index contributed by atoms with van der Waals surface area (Å²) >= 11 is 0. The maximum atomic E-state index is 12.0. The van der Waals surface area contributed by atoms with Gasteiger partial charge in [0.1, 0.15) is 5.75 Å². The van der Waals surface area contributed by atoms with Gasteiger partial charge in [0.05, 0.1) is 6.21 Å². The molecule has 0 bridgehead atoms. The van der Waals surface area contributed by atoms with Gasteiger partial charge in [-0.1, -0.05) is 54.1 Å². The standard InChI is InChI=1S/C22H22N2O2/c1-15-11-16(2)20(17(3)12-15)13-23-24-22(25)14-26-21-10-6-8-18-7-4-5-9-19(18)21/h4-13H,14H2,1-3H3,(H,24,25). The fourth-order valence-corrected chi connectivity index (χ4v) is 3.06. The van der Waals surface area contributed by atoms with Gasteiger partial charge in [-0.25, -0.2) is 5.43 Å². The molecular weight excluding hydrogens is 324 g/mol. The zero-order valence-corrected chi connectivity index (χ0v) is 15.2. The van der Waals surface area contributed by atoms with Gasteiger partial charge < -0.3 is 4.74 Å². The largest absolute Gasteiger partial charge is 0.483 e. The molecule has 0 atom stereocenters. The van der Waals surface area contributed by atoms with Crippen LogP contribution in [0.25, 0.3) is 10.8 Å². The average molecular weight is 346 g/mol. The topological polar surface area (TPSA) is 50.7 Å². The van der Waals surface area contributed by atoms with E-state index in [4.69, 9.17) is 4.74 Å². The molecule has 0 spiro atoms. The lowest BCUT2D eigenvalue weighted by atomic mass is 10.0. The molecule has 0 saturated heterocycles. The predicted octanol–water partition coefficient (Wildman–Crippen LogP) is 4.29. The third kappa shape index (κ3) is 4.09. The number of amides is 1. The molecule has 0 unspecified atom stereocenters. The number of benzene rings is 3. The van der Waals surface area contributed by atoms with Crippen molar-refractivity contribution in [2.45, 2.75) is 20.8 Å². The van der Waals surface area contributed by atoms with Crippen molar-refractivity contribution in [3.05, 3.63) is 76.9 Å². The van der Waals surface area contributed by atoms with Crippen LogP contribution in [0.4, 0.5) is 0 Å². The second-order valence-electron chi connectivity index (χ2n) is 6.37. The van der Waals surface area contributed by atoms with Gasteiger partial charge in [0.2, 0.25) is 0 Å². The first kappa shape index (κ1) is 17.7. The molecule has 3 rings (SSSR count). The number of carbonyl (C=O) groups excluding carboxylic acids is 1. The molecule has 4 heteroatoms. The van der Waals surface area contributed by atoms with Crippen LogP contribution in [0.2, 0.25) is 0 Å². The molecule has 0 aliphatic carbocycles. The summed E-state index contributed by atoms with van der Waals surface area (Å²) in [6.07, 6.45) is 1.68. The van der Waals surface area contributed by atoms with E-state index in [1.54, 1.807) is 6.21 Å². The summed E-state index contributed by atoms with van der Waals surface area (Å²) in [5.41, 5.74) is 7.02. The molecule has 0 saturated carbocycles. The summed E-state index contributed by atoms with van der Waals surface area (Å²) < 4.78 is 5.66. The minimum absolute atomic E-state index is 0.0861. The summed E-state index contributed by atoms with van der Waals surface area (Å²) in [5.74, 6) is 0.393. The van der Waals surface area contributed by atoms with Gasteiger partial charge in [-0.15, -0.1) is 0 Å². The second kappa shape index (κ2) is 7.83. The fraction of sp³-hybridized carbons (Fsp3) is 0.182. The molecule has 0 aliphatic rings. The summed E-state index contributed by atoms with van der Waals surface area (Å²) in [5, 5.41) is 6.12. The van der Waals surface area contributed by atoms with Crippen molar-refractivity contribution >= 4 is 22.9 Å². The number of ether oxygens (including phenoxy) is 1. The van der Waals surface area contributed by atoms with Gasteiger partial charge in [-0.05, 0) is 43.4 Å². The number of hydrazone groups is 1. The number of rotatable bonds is 5. The highest BCUT2D eigenvalue weighted by molar-refractivity contribution is 5.89. The molecule has 4 nitrogen and oxygen atoms in total. The van der Waals surface area contributed by atoms with Crippen molar-refractivity contribution in [3.63, 3.8) is 0 Å². The Hall–Kier alpha value is -3.14. The molecule has 26 heavy (non-hydrogen) atoms. The molecule has 1 N–H and O–H groups in total. The van der Waals surface area contributed by atoms with Crippen LogP contribution in [-0.4, -0.2) is 18.7 Å². The summed E-state index contributed by atoms with van der Waals surface area (Å²) in [6.45, 7) is 6.05. The van der Waals surface area contributed by atoms with E-state index in [1.807, 2.05) is 56.3 Å². The first-order valence-corrected chi connectivity index (χ1v) is 8.55. The van der Waals surface area contributed by atoms with Crippen LogP contribution in [0.5, 0.6) is 5.75 Å². The van der Waals surface area contributed by atoms with E-state index in [0.29, 0.717) is 5.75 Å². The molecule has 1 amide bonds. The smallest absolute Gasteiger partial charge is 0.277 e. The average Bonchev–Trinajstić information content (AvgIpc) is 2.62. The van der Waals surface area contributed by atoms with E-state index in [0.717, 1.165) is 27.5 Å². The lowest BCUT2D eigenvalue weighted by Crippen LogP contribution is -2.24. The molecule has 3 aromatic rings. The normalized spacial score (nSPS) is 11.0. The Balaban J connectivity index is 1.61. The van der Waals surface area contributed by atoms with Crippen molar-refractivity contribution < 1.29 is 9.53 Å². The van der Waals surface area contributed by atoms with E-state index in [2.05, 4.69) is 29.6 Å². The van der Waals surface area contributed by atoms with Gasteiger partial charge in [-0.2, -0.15) is 5.10 Å². The Labute approximate surface area is 153 Å². The number of nitrogens with one attached hydrogen (secondary N) is 1. The maximum absolute atomic E-state index is 12.0. The number of nitrogens with zero attached hydrogens (tertiary/aromatic N) is 1. The number of hydrogen-bond acceptors (Lipinski definition) is 3. The number of carbonyl (C=O) groups is 1. The Bertz CT molecular complexity index is 949. The van der Waals surface area contributed by atoms with Crippen molar-refractivity contribution in [3.8, 4) is 5.75 Å². The number of hydrogen-bond donors (Lipinski definition) is 1. The molecule has 132 valence electrons. The fourth-order valence-electron chi connectivity index (χ4n) is 3.06. The zero-order chi connectivity index (χ0) is 18.5. The summed E-state index contributed by atoms with van der Waals surface area (Å²) in [7, 11) is 0. The number of aryl methyl sites for hydroxylation is 3. The van der Waals surface area contributed by atoms with Crippen LogP contribution in [0.3, 0.4) is 0 Å². The van der Waals surface area contributed by atoms with Gasteiger partial charge in [0.25, 0.3) is 5.91 Å². The van der Waals surface area contributed by atoms with Gasteiger partial charge >= 0.3 is 0 Å². The molecule has 0 radical (unpaired) electrons. The van der Waals surface area contributed by atoms with Crippen molar-refractivity contribution in [1.29, 1.82) is 0 Å². The maximum Gasteiger partial charge on any atom is 0.277 e. The Kier molecular flexibility index (Phi) is 5.32. The Morgan fingerprint density at radius 2 is 1.73 bits per heavy atom. The lowest BCUT2D eigenvalue weighted by molar-refractivity contribution is -0.123. The molecule has 0 aromatic heterocycles. The molecule has 3 aromatic carbocycles. The van der Waals surface area contributed by atoms with Crippen molar-refractivity contribution in [2.75, 3.05) is 6.61 Å². The zero-order valence-electron chi connectivity index (χ0n) is 15.2. The van der Waals surface area contributed by atoms with Gasteiger partial charge in [0, 0.05) is 10.9 Å². The van der Waals surface area contributed by atoms with Crippen molar-refractivity contribution in [2.24, 2.45) is 5.10 Å². The highest BCUT2D eigenvalue weighted by Crippen LogP contribution is 2.24. The summed E-state index contributed by atoms with van der Waals surface area (Å²) in [4.78, 5) is 12.0. The van der Waals surface area contributed by atoms with E-state index >= 15 is 0 Å². The minimum atomic E-state index is -0.295. The molecule has 0 heterocycles. The van der Waals surface area contributed by atoms with E-state index < -0.39 is 0 Å². The monoisotopic (exact) mass is 346 g/mol. The van der Waals surface area contributed by atoms with Gasteiger partial charge in [-0.3, -0.25) is 4.79 Å². The molecule has 0 fully saturated rings. The first-order chi connectivity index (χ1) is 12.5. The minimum Gasteiger partial charge on any atom is -0.483 e. The van der Waals surface area contributed by atoms with Crippen molar-refractivity contribution in [1.82, 2.24) is 5.43 Å². The quantitative estimate of drug-likeness (QED) is 0.553. The van der Waals surface area contributed by atoms with Crippen LogP contribution in [0, 0.1) is 20.8 Å². The Morgan fingerprint density at radius 1 is 1.04 bits per heavy atom. The van der Waals surface area contributed by atoms with E-state index in [9.17, 15) is 4.79 Å². The van der Waals surface area contributed by atoms with Crippen LogP contribution in [0.15, 0.2) is 59.7 Å². The number of fused-ring (bicyclic) bond motifs is 1. The predicted molar refractivity (Wildman–Crippen MR) is 106 cm³/mol. The molecule has 0 aliphatic heterocycles. The second-order valence-corrected chi connectivity index (χ2v) is 6.37.